The summed E-state index contributed by atoms with van der Waals surface area (Å²) in [5.74, 6) is -0.342. The zero-order chi connectivity index (χ0) is 19.6. The summed E-state index contributed by atoms with van der Waals surface area (Å²) in [5.41, 5.74) is 0.120. The van der Waals surface area contributed by atoms with E-state index in [0.29, 0.717) is 45.0 Å². The van der Waals surface area contributed by atoms with E-state index in [1.807, 2.05) is 20.8 Å². The Bertz CT molecular complexity index is 681. The van der Waals surface area contributed by atoms with Crippen molar-refractivity contribution in [1.29, 1.82) is 0 Å². The fraction of sp³-hybridized carbons (Fsp3) is 0.579. The molecule has 7 nitrogen and oxygen atoms in total. The molecule has 0 saturated carbocycles. The second-order valence-corrected chi connectivity index (χ2v) is 7.86. The van der Waals surface area contributed by atoms with Crippen LogP contribution < -0.4 is 4.90 Å². The lowest BCUT2D eigenvalue weighted by Gasteiger charge is -2.36. The maximum atomic E-state index is 13.1. The summed E-state index contributed by atoms with van der Waals surface area (Å²) in [6.07, 6.45) is -0.966. The van der Waals surface area contributed by atoms with E-state index in [0.717, 1.165) is 0 Å². The van der Waals surface area contributed by atoms with Gasteiger partial charge in [0.05, 0.1) is 6.54 Å². The zero-order valence-electron chi connectivity index (χ0n) is 16.0. The van der Waals surface area contributed by atoms with Gasteiger partial charge in [-0.1, -0.05) is 0 Å². The quantitative estimate of drug-likeness (QED) is 0.808. The molecule has 1 unspecified atom stereocenters. The summed E-state index contributed by atoms with van der Waals surface area (Å²) in [7, 11) is 0. The first kappa shape index (κ1) is 19.4. The number of rotatable bonds is 3. The third-order valence-corrected chi connectivity index (χ3v) is 4.50. The number of halogens is 1. The fourth-order valence-electron chi connectivity index (χ4n) is 3.18. The van der Waals surface area contributed by atoms with Crippen LogP contribution in [0.4, 0.5) is 19.7 Å². The molecule has 0 bridgehead atoms. The van der Waals surface area contributed by atoms with Crippen LogP contribution in [0.25, 0.3) is 0 Å². The van der Waals surface area contributed by atoms with Gasteiger partial charge >= 0.3 is 12.2 Å². The van der Waals surface area contributed by atoms with Gasteiger partial charge in [0, 0.05) is 38.4 Å². The molecular formula is C19H26FN3O4. The molecule has 0 spiro atoms. The standard InChI is InChI=1S/C19H26FN3O4/c1-19(2,3)27-17(24)22-10-8-21(9-11-22)12-16-13-23(18(25)26-16)15-6-4-14(20)5-7-15/h4-7,16H,8-13H2,1-3H3. The van der Waals surface area contributed by atoms with Gasteiger partial charge in [-0.3, -0.25) is 9.80 Å². The Labute approximate surface area is 158 Å². The first-order valence-corrected chi connectivity index (χ1v) is 9.15. The van der Waals surface area contributed by atoms with Crippen LogP contribution in [-0.4, -0.2) is 73.0 Å². The van der Waals surface area contributed by atoms with Crippen LogP contribution in [0.1, 0.15) is 20.8 Å². The summed E-state index contributed by atoms with van der Waals surface area (Å²) < 4.78 is 23.9. The molecular weight excluding hydrogens is 353 g/mol. The van der Waals surface area contributed by atoms with Gasteiger partial charge in [-0.05, 0) is 45.0 Å². The van der Waals surface area contributed by atoms with Crippen molar-refractivity contribution in [2.45, 2.75) is 32.5 Å². The maximum absolute atomic E-state index is 13.1. The molecule has 2 aliphatic heterocycles. The van der Waals surface area contributed by atoms with Crippen molar-refractivity contribution in [3.05, 3.63) is 30.1 Å². The number of nitrogens with zero attached hydrogens (tertiary/aromatic N) is 3. The molecule has 2 saturated heterocycles. The van der Waals surface area contributed by atoms with Crippen LogP contribution in [0.15, 0.2) is 24.3 Å². The molecule has 2 fully saturated rings. The maximum Gasteiger partial charge on any atom is 0.414 e. The lowest BCUT2D eigenvalue weighted by molar-refractivity contribution is 0.0113. The van der Waals surface area contributed by atoms with Crippen molar-refractivity contribution in [2.24, 2.45) is 0 Å². The number of benzene rings is 1. The number of anilines is 1. The summed E-state index contributed by atoms with van der Waals surface area (Å²) in [4.78, 5) is 29.6. The second kappa shape index (κ2) is 7.72. The van der Waals surface area contributed by atoms with Crippen LogP contribution in [0.2, 0.25) is 0 Å². The van der Waals surface area contributed by atoms with Gasteiger partial charge in [0.15, 0.2) is 0 Å². The molecule has 8 heteroatoms. The van der Waals surface area contributed by atoms with E-state index < -0.39 is 11.7 Å². The lowest BCUT2D eigenvalue weighted by atomic mass is 10.2. The highest BCUT2D eigenvalue weighted by atomic mass is 19.1. The molecule has 0 aromatic heterocycles. The number of piperazine rings is 1. The van der Waals surface area contributed by atoms with Crippen molar-refractivity contribution in [1.82, 2.24) is 9.80 Å². The molecule has 27 heavy (non-hydrogen) atoms. The van der Waals surface area contributed by atoms with Crippen molar-refractivity contribution in [3.8, 4) is 0 Å². The Morgan fingerprint density at radius 2 is 1.81 bits per heavy atom. The van der Waals surface area contributed by atoms with Gasteiger partial charge in [-0.2, -0.15) is 0 Å². The van der Waals surface area contributed by atoms with Gasteiger partial charge < -0.3 is 14.4 Å². The van der Waals surface area contributed by atoms with E-state index in [9.17, 15) is 14.0 Å². The SMILES string of the molecule is CC(C)(C)OC(=O)N1CCN(CC2CN(c3ccc(F)cc3)C(=O)O2)CC1. The normalized spacial score (nSPS) is 21.3. The van der Waals surface area contributed by atoms with E-state index in [-0.39, 0.29) is 18.0 Å². The zero-order valence-corrected chi connectivity index (χ0v) is 16.0. The predicted octanol–water partition coefficient (Wildman–Crippen LogP) is 2.70. The van der Waals surface area contributed by atoms with E-state index in [1.165, 1.54) is 17.0 Å². The van der Waals surface area contributed by atoms with E-state index in [4.69, 9.17) is 9.47 Å². The Kier molecular flexibility index (Phi) is 5.55. The number of carbonyl (C=O) groups is 2. The number of ether oxygens (including phenoxy) is 2. The van der Waals surface area contributed by atoms with Gasteiger partial charge in [0.25, 0.3) is 0 Å². The largest absolute Gasteiger partial charge is 0.444 e. The molecule has 2 heterocycles. The lowest BCUT2D eigenvalue weighted by Crippen LogP contribution is -2.51. The Balaban J connectivity index is 1.48. The van der Waals surface area contributed by atoms with Crippen molar-refractivity contribution < 1.29 is 23.5 Å². The molecule has 148 valence electrons. The first-order valence-electron chi connectivity index (χ1n) is 9.15. The second-order valence-electron chi connectivity index (χ2n) is 7.86. The van der Waals surface area contributed by atoms with Gasteiger partial charge in [-0.15, -0.1) is 0 Å². The highest BCUT2D eigenvalue weighted by molar-refractivity contribution is 5.89. The van der Waals surface area contributed by atoms with E-state index in [2.05, 4.69) is 4.90 Å². The summed E-state index contributed by atoms with van der Waals surface area (Å²) in [6.45, 7) is 9.14. The van der Waals surface area contributed by atoms with Gasteiger partial charge in [0.1, 0.15) is 17.5 Å². The van der Waals surface area contributed by atoms with E-state index in [1.54, 1.807) is 17.0 Å². The molecule has 0 radical (unpaired) electrons. The molecule has 3 rings (SSSR count). The Hall–Kier alpha value is -2.35. The molecule has 2 aliphatic rings. The Morgan fingerprint density at radius 1 is 1.19 bits per heavy atom. The Morgan fingerprint density at radius 3 is 2.41 bits per heavy atom. The summed E-state index contributed by atoms with van der Waals surface area (Å²) in [6, 6.07) is 5.79. The number of amides is 2. The predicted molar refractivity (Wildman–Crippen MR) is 98.3 cm³/mol. The van der Waals surface area contributed by atoms with Crippen LogP contribution in [0.3, 0.4) is 0 Å². The monoisotopic (exact) mass is 379 g/mol. The molecule has 0 N–H and O–H groups in total. The van der Waals surface area contributed by atoms with E-state index >= 15 is 0 Å². The molecule has 0 aliphatic carbocycles. The third-order valence-electron chi connectivity index (χ3n) is 4.50. The third kappa shape index (κ3) is 5.09. The van der Waals surface area contributed by atoms with Crippen LogP contribution in [0.5, 0.6) is 0 Å². The highest BCUT2D eigenvalue weighted by Crippen LogP contribution is 2.22. The van der Waals surface area contributed by atoms with Crippen LogP contribution in [-0.2, 0) is 9.47 Å². The minimum atomic E-state index is -0.504. The van der Waals surface area contributed by atoms with Crippen LogP contribution in [0, 0.1) is 5.82 Å². The van der Waals surface area contributed by atoms with Gasteiger partial charge in [-0.25, -0.2) is 14.0 Å². The molecule has 1 atom stereocenters. The van der Waals surface area contributed by atoms with Crippen molar-refractivity contribution in [3.63, 3.8) is 0 Å². The highest BCUT2D eigenvalue weighted by Gasteiger charge is 2.34. The average molecular weight is 379 g/mol. The minimum Gasteiger partial charge on any atom is -0.444 e. The van der Waals surface area contributed by atoms with Crippen molar-refractivity contribution in [2.75, 3.05) is 44.2 Å². The molecule has 2 amide bonds. The molecule has 1 aromatic carbocycles. The summed E-state index contributed by atoms with van der Waals surface area (Å²) >= 11 is 0. The summed E-state index contributed by atoms with van der Waals surface area (Å²) in [5, 5.41) is 0. The topological polar surface area (TPSA) is 62.3 Å². The average Bonchev–Trinajstić information content (AvgIpc) is 2.95. The first-order chi connectivity index (χ1) is 12.7. The van der Waals surface area contributed by atoms with Crippen molar-refractivity contribution >= 4 is 17.9 Å². The number of hydrogen-bond donors (Lipinski definition) is 0. The number of carbonyl (C=O) groups excluding carboxylic acids is 2. The smallest absolute Gasteiger partial charge is 0.414 e. The van der Waals surface area contributed by atoms with Crippen LogP contribution >= 0.6 is 0 Å². The number of hydrogen-bond acceptors (Lipinski definition) is 5. The minimum absolute atomic E-state index is 0.254. The molecule has 1 aromatic rings. The fourth-order valence-corrected chi connectivity index (χ4v) is 3.18. The van der Waals surface area contributed by atoms with Gasteiger partial charge in [0.2, 0.25) is 0 Å². The number of cyclic esters (lactones) is 1.